The Balaban J connectivity index is 1.04. The molecule has 6 heteroatoms. The van der Waals surface area contributed by atoms with Gasteiger partial charge in [0.05, 0.1) is 68.0 Å². The van der Waals surface area contributed by atoms with Gasteiger partial charge in [-0.25, -0.2) is 0 Å². The molecular weight excluding hydrogens is 697 g/mol. The lowest BCUT2D eigenvalue weighted by Gasteiger charge is -2.13. The number of aromatic nitrogens is 3. The molecule has 3 heterocycles. The summed E-state index contributed by atoms with van der Waals surface area (Å²) in [4.78, 5) is 0. The van der Waals surface area contributed by atoms with E-state index in [0.717, 1.165) is 82.8 Å². The van der Waals surface area contributed by atoms with Gasteiger partial charge in [0.25, 0.3) is 0 Å². The van der Waals surface area contributed by atoms with Gasteiger partial charge in [-0.15, -0.1) is 0 Å². The van der Waals surface area contributed by atoms with Crippen molar-refractivity contribution in [3.63, 3.8) is 0 Å². The zero-order chi connectivity index (χ0) is 38.2. The molecule has 0 spiro atoms. The van der Waals surface area contributed by atoms with E-state index in [-0.39, 0.29) is 0 Å². The van der Waals surface area contributed by atoms with E-state index in [1.54, 1.807) is 0 Å². The molecule has 11 aromatic rings. The van der Waals surface area contributed by atoms with Gasteiger partial charge in [-0.2, -0.15) is 15.8 Å². The van der Waals surface area contributed by atoms with Gasteiger partial charge in [0.2, 0.25) is 0 Å². The maximum Gasteiger partial charge on any atom is 0.0992 e. The van der Waals surface area contributed by atoms with Gasteiger partial charge in [-0.1, -0.05) is 66.7 Å². The molecule has 0 unspecified atom stereocenters. The maximum atomic E-state index is 10.2. The monoisotopic (exact) mass is 724 g/mol. The first-order valence-corrected chi connectivity index (χ1v) is 18.7. The van der Waals surface area contributed by atoms with Crippen LogP contribution in [0.15, 0.2) is 170 Å². The number of rotatable bonds is 4. The van der Waals surface area contributed by atoms with Crippen molar-refractivity contribution in [2.75, 3.05) is 0 Å². The molecule has 0 radical (unpaired) electrons. The minimum absolute atomic E-state index is 0.579. The average molecular weight is 725 g/mol. The lowest BCUT2D eigenvalue weighted by Crippen LogP contribution is -1.97. The van der Waals surface area contributed by atoms with Gasteiger partial charge in [0, 0.05) is 49.4 Å². The summed E-state index contributed by atoms with van der Waals surface area (Å²) in [6.07, 6.45) is 0. The molecule has 57 heavy (non-hydrogen) atoms. The molecule has 0 aliphatic heterocycles. The standard InChI is InChI=1S/C51H28N6/c52-29-32-13-20-49-43(25-32)44-26-33(30-53)14-21-50(44)56(49)38-19-22-51-45(28-38)42-9-3-6-12-48(42)55(51)37-17-15-35(16-18-37)36-23-34(31-54)24-39(27-36)57-46-10-4-1-7-40(46)41-8-2-5-11-47(41)57/h1-28H. The highest BCUT2D eigenvalue weighted by molar-refractivity contribution is 6.13. The van der Waals surface area contributed by atoms with Crippen LogP contribution in [0.25, 0.3) is 93.6 Å². The van der Waals surface area contributed by atoms with E-state index in [2.05, 4.69) is 153 Å². The van der Waals surface area contributed by atoms with Gasteiger partial charge in [-0.05, 0) is 114 Å². The lowest BCUT2D eigenvalue weighted by atomic mass is 10.0. The first-order valence-electron chi connectivity index (χ1n) is 18.7. The topological polar surface area (TPSA) is 86.2 Å². The Morgan fingerprint density at radius 3 is 1.25 bits per heavy atom. The summed E-state index contributed by atoms with van der Waals surface area (Å²) in [5.41, 5.74) is 13.0. The quantitative estimate of drug-likeness (QED) is 0.181. The van der Waals surface area contributed by atoms with Crippen LogP contribution < -0.4 is 0 Å². The summed E-state index contributed by atoms with van der Waals surface area (Å²) in [7, 11) is 0. The number of benzene rings is 8. The molecule has 11 rings (SSSR count). The van der Waals surface area contributed by atoms with Crippen LogP contribution in [0, 0.1) is 34.0 Å². The fourth-order valence-electron chi connectivity index (χ4n) is 8.79. The normalized spacial score (nSPS) is 11.5. The van der Waals surface area contributed by atoms with Gasteiger partial charge in [0.15, 0.2) is 0 Å². The number of fused-ring (bicyclic) bond motifs is 9. The van der Waals surface area contributed by atoms with Crippen LogP contribution in [0.4, 0.5) is 0 Å². The molecule has 0 atom stereocenters. The van der Waals surface area contributed by atoms with Crippen LogP contribution in [0.2, 0.25) is 0 Å². The van der Waals surface area contributed by atoms with Crippen LogP contribution in [0.3, 0.4) is 0 Å². The summed E-state index contributed by atoms with van der Waals surface area (Å²) < 4.78 is 6.77. The van der Waals surface area contributed by atoms with E-state index < -0.39 is 0 Å². The summed E-state index contributed by atoms with van der Waals surface area (Å²) in [6.45, 7) is 0. The second-order valence-electron chi connectivity index (χ2n) is 14.4. The third kappa shape index (κ3) is 4.81. The fourth-order valence-corrected chi connectivity index (χ4v) is 8.79. The van der Waals surface area contributed by atoms with Crippen LogP contribution in [-0.2, 0) is 0 Å². The molecular formula is C51H28N6. The third-order valence-corrected chi connectivity index (χ3v) is 11.3. The van der Waals surface area contributed by atoms with Crippen molar-refractivity contribution in [2.24, 2.45) is 0 Å². The number of nitriles is 3. The number of para-hydroxylation sites is 3. The first kappa shape index (κ1) is 32.1. The van der Waals surface area contributed by atoms with Crippen LogP contribution in [0.1, 0.15) is 16.7 Å². The Morgan fingerprint density at radius 1 is 0.281 bits per heavy atom. The molecule has 0 amide bonds. The summed E-state index contributed by atoms with van der Waals surface area (Å²) in [6, 6.07) is 65.0. The Bertz CT molecular complexity index is 3490. The summed E-state index contributed by atoms with van der Waals surface area (Å²) >= 11 is 0. The van der Waals surface area contributed by atoms with E-state index in [1.165, 1.54) is 10.8 Å². The van der Waals surface area contributed by atoms with Crippen molar-refractivity contribution in [2.45, 2.75) is 0 Å². The van der Waals surface area contributed by atoms with E-state index in [0.29, 0.717) is 16.7 Å². The van der Waals surface area contributed by atoms with E-state index >= 15 is 0 Å². The summed E-state index contributed by atoms with van der Waals surface area (Å²) in [5, 5.41) is 36.0. The molecule has 0 saturated heterocycles. The molecule has 0 fully saturated rings. The average Bonchev–Trinajstić information content (AvgIpc) is 3.91. The van der Waals surface area contributed by atoms with E-state index in [4.69, 9.17) is 0 Å². The van der Waals surface area contributed by atoms with Crippen molar-refractivity contribution in [1.82, 2.24) is 13.7 Å². The Morgan fingerprint density at radius 2 is 0.702 bits per heavy atom. The molecule has 0 bridgehead atoms. The zero-order valence-electron chi connectivity index (χ0n) is 30.3. The Labute approximate surface area is 326 Å². The third-order valence-electron chi connectivity index (χ3n) is 11.3. The van der Waals surface area contributed by atoms with Gasteiger partial charge in [-0.3, -0.25) is 0 Å². The van der Waals surface area contributed by atoms with Crippen molar-refractivity contribution >= 4 is 65.4 Å². The SMILES string of the molecule is N#Cc1cc(-c2ccc(-n3c4ccccc4c4cc(-n5c6ccc(C#N)cc6c6cc(C#N)ccc65)ccc43)cc2)cc(-n2c3ccccc3c3ccccc32)c1. The van der Waals surface area contributed by atoms with Crippen molar-refractivity contribution in [3.8, 4) is 46.4 Å². The lowest BCUT2D eigenvalue weighted by molar-refractivity contribution is 1.16. The predicted octanol–water partition coefficient (Wildman–Crippen LogP) is 12.3. The molecule has 262 valence electrons. The second kappa shape index (κ2) is 12.3. The molecule has 3 aromatic heterocycles. The molecule has 8 aromatic carbocycles. The largest absolute Gasteiger partial charge is 0.309 e. The number of nitrogens with zero attached hydrogens (tertiary/aromatic N) is 6. The highest BCUT2D eigenvalue weighted by atomic mass is 15.0. The van der Waals surface area contributed by atoms with Crippen molar-refractivity contribution in [3.05, 3.63) is 187 Å². The minimum atomic E-state index is 0.579. The van der Waals surface area contributed by atoms with Gasteiger partial charge < -0.3 is 13.7 Å². The fraction of sp³-hybridized carbons (Fsp3) is 0. The Hall–Kier alpha value is -8.37. The van der Waals surface area contributed by atoms with Crippen LogP contribution in [0.5, 0.6) is 0 Å². The van der Waals surface area contributed by atoms with Crippen molar-refractivity contribution < 1.29 is 0 Å². The predicted molar refractivity (Wildman–Crippen MR) is 229 cm³/mol. The van der Waals surface area contributed by atoms with Gasteiger partial charge in [0.1, 0.15) is 0 Å². The van der Waals surface area contributed by atoms with Gasteiger partial charge >= 0.3 is 0 Å². The molecule has 0 N–H and O–H groups in total. The number of hydrogen-bond acceptors (Lipinski definition) is 3. The summed E-state index contributed by atoms with van der Waals surface area (Å²) in [5.74, 6) is 0. The smallest absolute Gasteiger partial charge is 0.0992 e. The zero-order valence-corrected chi connectivity index (χ0v) is 30.3. The highest BCUT2D eigenvalue weighted by Crippen LogP contribution is 2.39. The molecule has 0 aliphatic carbocycles. The van der Waals surface area contributed by atoms with Crippen molar-refractivity contribution in [1.29, 1.82) is 15.8 Å². The highest BCUT2D eigenvalue weighted by Gasteiger charge is 2.18. The van der Waals surface area contributed by atoms with E-state index in [1.807, 2.05) is 48.5 Å². The molecule has 0 saturated carbocycles. The van der Waals surface area contributed by atoms with Crippen LogP contribution >= 0.6 is 0 Å². The number of hydrogen-bond donors (Lipinski definition) is 0. The maximum absolute atomic E-state index is 10.2. The second-order valence-corrected chi connectivity index (χ2v) is 14.4. The Kier molecular flexibility index (Phi) is 6.95. The van der Waals surface area contributed by atoms with E-state index in [9.17, 15) is 15.8 Å². The molecule has 6 nitrogen and oxygen atoms in total. The first-order chi connectivity index (χ1) is 28.1. The minimum Gasteiger partial charge on any atom is -0.309 e. The molecule has 0 aliphatic rings. The van der Waals surface area contributed by atoms with Crippen LogP contribution in [-0.4, -0.2) is 13.7 Å².